The average molecular weight is 362 g/mol. The molecule has 1 heterocycles. The lowest BCUT2D eigenvalue weighted by Crippen LogP contribution is -2.54. The Kier molecular flexibility index (Phi) is 6.51. The second-order valence-electron chi connectivity index (χ2n) is 7.34. The Hall–Kier alpha value is -2.24. The van der Waals surface area contributed by atoms with E-state index in [0.717, 1.165) is 12.0 Å². The number of hydrogen-bond donors (Lipinski definition) is 1. The third kappa shape index (κ3) is 4.11. The van der Waals surface area contributed by atoms with Crippen molar-refractivity contribution in [1.82, 2.24) is 10.2 Å². The van der Waals surface area contributed by atoms with Crippen LogP contribution < -0.4 is 14.8 Å². The first kappa shape index (κ1) is 20.1. The minimum atomic E-state index is -0.845. The normalized spacial score (nSPS) is 19.8. The van der Waals surface area contributed by atoms with Gasteiger partial charge in [0.1, 0.15) is 5.54 Å². The number of carbonyl (C=O) groups is 2. The average Bonchev–Trinajstić information content (AvgIpc) is 2.90. The molecule has 6 heteroatoms. The highest BCUT2D eigenvalue weighted by atomic mass is 16.5. The molecule has 0 saturated carbocycles. The Morgan fingerprint density at radius 1 is 1.31 bits per heavy atom. The molecule has 1 N–H and O–H groups in total. The third-order valence-electron chi connectivity index (χ3n) is 5.03. The zero-order chi connectivity index (χ0) is 19.3. The van der Waals surface area contributed by atoms with Crippen LogP contribution >= 0.6 is 0 Å². The van der Waals surface area contributed by atoms with Crippen molar-refractivity contribution in [2.75, 3.05) is 20.8 Å². The SMILES string of the molecule is COc1cccc(CN2C(=O)CC[C@@]2(C)C(=O)NCCC(C)C)c1OC. The van der Waals surface area contributed by atoms with Gasteiger partial charge in [0.2, 0.25) is 11.8 Å². The van der Waals surface area contributed by atoms with E-state index in [1.807, 2.05) is 25.1 Å². The summed E-state index contributed by atoms with van der Waals surface area (Å²) >= 11 is 0. The monoisotopic (exact) mass is 362 g/mol. The summed E-state index contributed by atoms with van der Waals surface area (Å²) in [4.78, 5) is 27.0. The van der Waals surface area contributed by atoms with Crippen LogP contribution in [-0.4, -0.2) is 43.0 Å². The first-order valence-electron chi connectivity index (χ1n) is 9.12. The maximum atomic E-state index is 12.8. The molecule has 0 aliphatic carbocycles. The topological polar surface area (TPSA) is 67.9 Å². The Balaban J connectivity index is 2.21. The van der Waals surface area contributed by atoms with Gasteiger partial charge in [0, 0.05) is 18.5 Å². The Bertz CT molecular complexity index is 659. The third-order valence-corrected chi connectivity index (χ3v) is 5.03. The summed E-state index contributed by atoms with van der Waals surface area (Å²) in [5.74, 6) is 1.62. The van der Waals surface area contributed by atoms with E-state index in [1.165, 1.54) is 0 Å². The predicted molar refractivity (Wildman–Crippen MR) is 100 cm³/mol. The summed E-state index contributed by atoms with van der Waals surface area (Å²) in [5, 5.41) is 3.00. The van der Waals surface area contributed by atoms with Gasteiger partial charge in [-0.25, -0.2) is 0 Å². The lowest BCUT2D eigenvalue weighted by atomic mass is 9.96. The van der Waals surface area contributed by atoms with Crippen molar-refractivity contribution >= 4 is 11.8 Å². The van der Waals surface area contributed by atoms with Crippen LogP contribution in [0, 0.1) is 5.92 Å². The molecule has 1 fully saturated rings. The minimum absolute atomic E-state index is 0.0172. The molecular formula is C20H30N2O4. The number of methoxy groups -OCH3 is 2. The van der Waals surface area contributed by atoms with Gasteiger partial charge in [0.15, 0.2) is 11.5 Å². The lowest BCUT2D eigenvalue weighted by molar-refractivity contribution is -0.141. The van der Waals surface area contributed by atoms with Gasteiger partial charge in [-0.05, 0) is 31.7 Å². The Morgan fingerprint density at radius 2 is 2.04 bits per heavy atom. The summed E-state index contributed by atoms with van der Waals surface area (Å²) in [6.45, 7) is 7.02. The number of nitrogens with zero attached hydrogens (tertiary/aromatic N) is 1. The van der Waals surface area contributed by atoms with Crippen LogP contribution in [0.5, 0.6) is 11.5 Å². The van der Waals surface area contributed by atoms with Crippen molar-refractivity contribution in [2.45, 2.75) is 52.1 Å². The van der Waals surface area contributed by atoms with Gasteiger partial charge in [-0.2, -0.15) is 0 Å². The van der Waals surface area contributed by atoms with Crippen molar-refractivity contribution in [3.8, 4) is 11.5 Å². The fraction of sp³-hybridized carbons (Fsp3) is 0.600. The van der Waals surface area contributed by atoms with E-state index in [0.29, 0.717) is 43.3 Å². The van der Waals surface area contributed by atoms with Crippen LogP contribution in [0.3, 0.4) is 0 Å². The molecular weight excluding hydrogens is 332 g/mol. The lowest BCUT2D eigenvalue weighted by Gasteiger charge is -2.34. The van der Waals surface area contributed by atoms with Crippen LogP contribution in [0.15, 0.2) is 18.2 Å². The van der Waals surface area contributed by atoms with E-state index in [9.17, 15) is 9.59 Å². The van der Waals surface area contributed by atoms with E-state index in [1.54, 1.807) is 19.1 Å². The van der Waals surface area contributed by atoms with E-state index < -0.39 is 5.54 Å². The number of ether oxygens (including phenoxy) is 2. The zero-order valence-electron chi connectivity index (χ0n) is 16.4. The van der Waals surface area contributed by atoms with Gasteiger partial charge in [-0.1, -0.05) is 26.0 Å². The molecule has 144 valence electrons. The first-order chi connectivity index (χ1) is 12.3. The van der Waals surface area contributed by atoms with Gasteiger partial charge in [-0.3, -0.25) is 9.59 Å². The molecule has 0 spiro atoms. The number of likely N-dealkylation sites (tertiary alicyclic amines) is 1. The summed E-state index contributed by atoms with van der Waals surface area (Å²) in [5.41, 5.74) is -0.0226. The van der Waals surface area contributed by atoms with Crippen molar-refractivity contribution < 1.29 is 19.1 Å². The maximum absolute atomic E-state index is 12.8. The molecule has 1 aliphatic heterocycles. The molecule has 1 aromatic rings. The van der Waals surface area contributed by atoms with Crippen LogP contribution in [0.4, 0.5) is 0 Å². The summed E-state index contributed by atoms with van der Waals surface area (Å²) in [6, 6.07) is 5.56. The first-order valence-corrected chi connectivity index (χ1v) is 9.12. The fourth-order valence-electron chi connectivity index (χ4n) is 3.31. The fourth-order valence-corrected chi connectivity index (χ4v) is 3.31. The Labute approximate surface area is 155 Å². The number of nitrogens with one attached hydrogen (secondary N) is 1. The molecule has 2 rings (SSSR count). The number of benzene rings is 1. The highest BCUT2D eigenvalue weighted by Crippen LogP contribution is 2.36. The highest BCUT2D eigenvalue weighted by Gasteiger charge is 2.47. The molecule has 1 aliphatic rings. The van der Waals surface area contributed by atoms with Crippen LogP contribution in [0.25, 0.3) is 0 Å². The molecule has 26 heavy (non-hydrogen) atoms. The van der Waals surface area contributed by atoms with Crippen molar-refractivity contribution in [1.29, 1.82) is 0 Å². The summed E-state index contributed by atoms with van der Waals surface area (Å²) in [6.07, 6.45) is 1.81. The van der Waals surface area contributed by atoms with E-state index in [4.69, 9.17) is 9.47 Å². The number of amides is 2. The maximum Gasteiger partial charge on any atom is 0.245 e. The van der Waals surface area contributed by atoms with Gasteiger partial charge in [0.05, 0.1) is 20.8 Å². The van der Waals surface area contributed by atoms with Crippen LogP contribution in [0.1, 0.15) is 45.6 Å². The highest BCUT2D eigenvalue weighted by molar-refractivity contribution is 5.94. The van der Waals surface area contributed by atoms with Crippen molar-refractivity contribution in [2.24, 2.45) is 5.92 Å². The Morgan fingerprint density at radius 3 is 2.65 bits per heavy atom. The van der Waals surface area contributed by atoms with E-state index in [2.05, 4.69) is 19.2 Å². The molecule has 6 nitrogen and oxygen atoms in total. The molecule has 2 amide bonds. The number of hydrogen-bond acceptors (Lipinski definition) is 4. The summed E-state index contributed by atoms with van der Waals surface area (Å²) < 4.78 is 10.8. The summed E-state index contributed by atoms with van der Waals surface area (Å²) in [7, 11) is 3.15. The second kappa shape index (κ2) is 8.43. The molecule has 0 unspecified atom stereocenters. The zero-order valence-corrected chi connectivity index (χ0v) is 16.4. The van der Waals surface area contributed by atoms with Gasteiger partial charge in [-0.15, -0.1) is 0 Å². The minimum Gasteiger partial charge on any atom is -0.493 e. The smallest absolute Gasteiger partial charge is 0.245 e. The van der Waals surface area contributed by atoms with Gasteiger partial charge >= 0.3 is 0 Å². The van der Waals surface area contributed by atoms with Gasteiger partial charge < -0.3 is 19.7 Å². The second-order valence-corrected chi connectivity index (χ2v) is 7.34. The molecule has 0 bridgehead atoms. The standard InChI is InChI=1S/C20H30N2O4/c1-14(2)10-12-21-19(24)20(3)11-9-17(23)22(20)13-15-7-6-8-16(25-4)18(15)26-5/h6-8,14H,9-13H2,1-5H3,(H,21,24)/t20-/m0/s1. The van der Waals surface area contributed by atoms with Crippen LogP contribution in [-0.2, 0) is 16.1 Å². The van der Waals surface area contributed by atoms with E-state index >= 15 is 0 Å². The molecule has 1 aromatic carbocycles. The van der Waals surface area contributed by atoms with Crippen molar-refractivity contribution in [3.05, 3.63) is 23.8 Å². The predicted octanol–water partition coefficient (Wildman–Crippen LogP) is 2.75. The quantitative estimate of drug-likeness (QED) is 0.772. The number of para-hydroxylation sites is 1. The molecule has 0 radical (unpaired) electrons. The van der Waals surface area contributed by atoms with E-state index in [-0.39, 0.29) is 11.8 Å². The molecule has 0 aromatic heterocycles. The largest absolute Gasteiger partial charge is 0.493 e. The number of rotatable bonds is 8. The molecule has 1 atom stereocenters. The van der Waals surface area contributed by atoms with Gasteiger partial charge in [0.25, 0.3) is 0 Å². The number of carbonyl (C=O) groups excluding carboxylic acids is 2. The van der Waals surface area contributed by atoms with Crippen LogP contribution in [0.2, 0.25) is 0 Å². The molecule has 1 saturated heterocycles. The van der Waals surface area contributed by atoms with Crippen molar-refractivity contribution in [3.63, 3.8) is 0 Å².